The number of hydrazine groups is 1. The topological polar surface area (TPSA) is 167 Å². The first-order valence-corrected chi connectivity index (χ1v) is 16.0. The molecule has 0 aliphatic rings. The number of hydrogen-bond donors (Lipinski definition) is 1. The molecule has 1 atom stereocenters. The summed E-state index contributed by atoms with van der Waals surface area (Å²) in [4.78, 5) is 28.7. The van der Waals surface area contributed by atoms with Crippen LogP contribution >= 0.6 is 0 Å². The Hall–Kier alpha value is -4.87. The number of aryl methyl sites for hydroxylation is 1. The van der Waals surface area contributed by atoms with Gasteiger partial charge in [0.05, 0.1) is 32.7 Å². The van der Waals surface area contributed by atoms with Crippen molar-refractivity contribution in [2.75, 3.05) is 13.2 Å². The van der Waals surface area contributed by atoms with E-state index in [-0.39, 0.29) is 27.8 Å². The lowest BCUT2D eigenvalue weighted by molar-refractivity contribution is -0.727. The van der Waals surface area contributed by atoms with E-state index in [0.29, 0.717) is 5.56 Å². The third-order valence-electron chi connectivity index (χ3n) is 6.49. The highest BCUT2D eigenvalue weighted by Crippen LogP contribution is 2.33. The molecule has 262 valence electrons. The van der Waals surface area contributed by atoms with Crippen molar-refractivity contribution in [1.82, 2.24) is 19.5 Å². The Kier molecular flexibility index (Phi) is 11.7. The Bertz CT molecular complexity index is 1720. The fourth-order valence-electron chi connectivity index (χ4n) is 3.99. The molecule has 14 nitrogen and oxygen atoms in total. The van der Waals surface area contributed by atoms with Crippen LogP contribution in [0, 0.1) is 18.0 Å². The minimum absolute atomic E-state index is 0.0841. The molecule has 1 heterocycles. The molecule has 0 aliphatic carbocycles. The van der Waals surface area contributed by atoms with Crippen LogP contribution in [0.25, 0.3) is 16.9 Å². The van der Waals surface area contributed by atoms with E-state index in [1.165, 1.54) is 19.1 Å². The highest BCUT2D eigenvalue weighted by Gasteiger charge is 2.35. The summed E-state index contributed by atoms with van der Waals surface area (Å²) in [6, 6.07) is 12.3. The van der Waals surface area contributed by atoms with Crippen LogP contribution in [0.3, 0.4) is 0 Å². The first-order valence-electron chi connectivity index (χ1n) is 14.6. The fourth-order valence-corrected chi connectivity index (χ4v) is 4.88. The van der Waals surface area contributed by atoms with Crippen molar-refractivity contribution < 1.29 is 50.5 Å². The third-order valence-corrected chi connectivity index (χ3v) is 7.82. The van der Waals surface area contributed by atoms with Crippen LogP contribution in [0.4, 0.5) is 18.0 Å². The van der Waals surface area contributed by atoms with E-state index in [0.717, 1.165) is 33.5 Å². The quantitative estimate of drug-likeness (QED) is 0.0810. The fraction of sp³-hybridized carbons (Fsp3) is 0.433. The van der Waals surface area contributed by atoms with Gasteiger partial charge in [-0.2, -0.15) is 18.3 Å². The van der Waals surface area contributed by atoms with Gasteiger partial charge >= 0.3 is 18.2 Å². The normalized spacial score (nSPS) is 13.2. The highest BCUT2D eigenvalue weighted by molar-refractivity contribution is 7.90. The second-order valence-electron chi connectivity index (χ2n) is 11.8. The first-order chi connectivity index (χ1) is 22.2. The van der Waals surface area contributed by atoms with Gasteiger partial charge in [0.15, 0.2) is 5.69 Å². The zero-order chi connectivity index (χ0) is 36.0. The number of esters is 1. The molecule has 0 saturated carbocycles. The predicted octanol–water partition coefficient (Wildman–Crippen LogP) is 5.74. The average molecular weight is 699 g/mol. The van der Waals surface area contributed by atoms with E-state index in [1.807, 2.05) is 6.92 Å². The number of ether oxygens (including phenoxy) is 2. The first kappa shape index (κ1) is 37.6. The summed E-state index contributed by atoms with van der Waals surface area (Å²) < 4.78 is 79.0. The predicted molar refractivity (Wildman–Crippen MR) is 164 cm³/mol. The summed E-state index contributed by atoms with van der Waals surface area (Å²) >= 11 is 0. The van der Waals surface area contributed by atoms with E-state index in [2.05, 4.69) is 10.4 Å². The third kappa shape index (κ3) is 10.1. The molecule has 3 rings (SSSR count). The number of rotatable bonds is 12. The van der Waals surface area contributed by atoms with Gasteiger partial charge in [-0.3, -0.25) is 9.63 Å². The smallest absolute Gasteiger partial charge is 0.435 e. The van der Waals surface area contributed by atoms with Crippen molar-refractivity contribution in [3.8, 4) is 16.9 Å². The minimum Gasteiger partial charge on any atom is -0.569 e. The van der Waals surface area contributed by atoms with Crippen molar-refractivity contribution in [2.45, 2.75) is 71.4 Å². The van der Waals surface area contributed by atoms with Gasteiger partial charge in [-0.15, -0.1) is 5.01 Å². The van der Waals surface area contributed by atoms with Gasteiger partial charge in [0, 0.05) is 12.5 Å². The molecule has 18 heteroatoms. The molecule has 0 aliphatic heterocycles. The number of aromatic nitrogens is 2. The lowest BCUT2D eigenvalue weighted by atomic mass is 10.1. The van der Waals surface area contributed by atoms with Crippen molar-refractivity contribution in [3.05, 3.63) is 71.1 Å². The van der Waals surface area contributed by atoms with Gasteiger partial charge in [0.2, 0.25) is 5.28 Å². The molecule has 0 fully saturated rings. The standard InChI is InChI=1S/C30H37F3N6O8S/c1-19(2)27(40)46-21(4)47-36-39(42)37(29(5,6)7)16-17-45-28(41)35-48(43,44)24-14-12-23(13-15-24)38-25(18-26(34-38)30(31,32)33)22-10-8-20(3)9-11-22/h8-15,18-19,21H,16-17H2,1-7H3,(H,35,41). The molecule has 3 aromatic rings. The summed E-state index contributed by atoms with van der Waals surface area (Å²) in [7, 11) is -4.47. The maximum atomic E-state index is 13.5. The molecule has 0 saturated heterocycles. The second kappa shape index (κ2) is 14.9. The number of carbonyl (C=O) groups is 2. The number of amides is 1. The second-order valence-corrected chi connectivity index (χ2v) is 13.5. The van der Waals surface area contributed by atoms with E-state index >= 15 is 0 Å². The SMILES string of the molecule is Cc1ccc(-c2cc(C(F)(F)F)nn2-c2ccc(S(=O)(=O)NC(=O)OCCN([N+]([O-])=NOC(C)OC(=O)C(C)C)C(C)(C)C)cc2)cc1. The van der Waals surface area contributed by atoms with Gasteiger partial charge in [0.25, 0.3) is 16.3 Å². The average Bonchev–Trinajstić information content (AvgIpc) is 3.44. The van der Waals surface area contributed by atoms with E-state index in [4.69, 9.17) is 14.3 Å². The van der Waals surface area contributed by atoms with Gasteiger partial charge in [-0.1, -0.05) is 43.7 Å². The highest BCUT2D eigenvalue weighted by atomic mass is 32.2. The number of alkyl halides is 3. The lowest BCUT2D eigenvalue weighted by Crippen LogP contribution is -2.48. The monoisotopic (exact) mass is 698 g/mol. The molecular weight excluding hydrogens is 661 g/mol. The van der Waals surface area contributed by atoms with Gasteiger partial charge in [-0.25, -0.2) is 22.6 Å². The zero-order valence-electron chi connectivity index (χ0n) is 27.3. The molecule has 2 aromatic carbocycles. The Labute approximate surface area is 275 Å². The number of halogens is 3. The molecular formula is C30H37F3N6O8S. The van der Waals surface area contributed by atoms with Gasteiger partial charge in [0.1, 0.15) is 13.2 Å². The summed E-state index contributed by atoms with van der Waals surface area (Å²) in [5, 5.41) is 20.8. The number of benzene rings is 2. The molecule has 0 spiro atoms. The van der Waals surface area contributed by atoms with Crippen LogP contribution in [0.5, 0.6) is 0 Å². The maximum Gasteiger partial charge on any atom is 0.435 e. The summed E-state index contributed by atoms with van der Waals surface area (Å²) in [5.74, 6) is -0.982. The van der Waals surface area contributed by atoms with Crippen molar-refractivity contribution in [2.24, 2.45) is 11.2 Å². The molecule has 0 bridgehead atoms. The van der Waals surface area contributed by atoms with Gasteiger partial charge < -0.3 is 14.7 Å². The number of hydrogen-bond acceptors (Lipinski definition) is 10. The van der Waals surface area contributed by atoms with Crippen molar-refractivity contribution in [1.29, 1.82) is 0 Å². The zero-order valence-corrected chi connectivity index (χ0v) is 28.1. The van der Waals surface area contributed by atoms with Crippen molar-refractivity contribution >= 4 is 22.1 Å². The van der Waals surface area contributed by atoms with Crippen LogP contribution in [0.2, 0.25) is 0 Å². The summed E-state index contributed by atoms with van der Waals surface area (Å²) in [6.07, 6.45) is -7.23. The van der Waals surface area contributed by atoms with Crippen LogP contribution in [0.1, 0.15) is 52.8 Å². The number of sulfonamides is 1. The van der Waals surface area contributed by atoms with E-state index < -0.39 is 58.3 Å². The Balaban J connectivity index is 1.68. The van der Waals surface area contributed by atoms with Crippen LogP contribution < -0.4 is 4.72 Å². The van der Waals surface area contributed by atoms with Gasteiger partial charge in [-0.05, 0) is 58.0 Å². The van der Waals surface area contributed by atoms with E-state index in [1.54, 1.807) is 63.6 Å². The van der Waals surface area contributed by atoms with Crippen LogP contribution in [0.15, 0.2) is 64.8 Å². The molecule has 1 N–H and O–H groups in total. The minimum atomic E-state index is -4.72. The largest absolute Gasteiger partial charge is 0.569 e. The Morgan fingerprint density at radius 2 is 1.67 bits per heavy atom. The lowest BCUT2D eigenvalue weighted by Gasteiger charge is -2.30. The summed E-state index contributed by atoms with van der Waals surface area (Å²) in [6.45, 7) is 10.7. The summed E-state index contributed by atoms with van der Waals surface area (Å²) in [5.41, 5.74) is -0.379. The maximum absolute atomic E-state index is 13.5. The Morgan fingerprint density at radius 1 is 1.06 bits per heavy atom. The molecule has 0 radical (unpaired) electrons. The molecule has 48 heavy (non-hydrogen) atoms. The van der Waals surface area contributed by atoms with Crippen molar-refractivity contribution in [3.63, 3.8) is 0 Å². The van der Waals surface area contributed by atoms with Crippen LogP contribution in [-0.4, -0.2) is 65.2 Å². The Morgan fingerprint density at radius 3 is 2.21 bits per heavy atom. The number of nitrogens with one attached hydrogen (secondary N) is 1. The molecule has 1 amide bonds. The van der Waals surface area contributed by atoms with E-state index in [9.17, 15) is 36.4 Å². The molecule has 1 unspecified atom stereocenters. The molecule has 1 aromatic heterocycles. The number of carbonyl (C=O) groups excluding carboxylic acids is 2. The van der Waals surface area contributed by atoms with Crippen LogP contribution in [-0.2, 0) is 35.3 Å². The number of nitrogens with zero attached hydrogens (tertiary/aromatic N) is 5.